The third-order valence-corrected chi connectivity index (χ3v) is 4.80. The quantitative estimate of drug-likeness (QED) is 0.556. The maximum atomic E-state index is 12.8. The summed E-state index contributed by atoms with van der Waals surface area (Å²) in [5, 5.41) is 11.0. The first-order valence-electron chi connectivity index (χ1n) is 8.50. The lowest BCUT2D eigenvalue weighted by atomic mass is 10.1. The zero-order valence-electron chi connectivity index (χ0n) is 15.4. The van der Waals surface area contributed by atoms with Crippen molar-refractivity contribution < 1.29 is 19.2 Å². The van der Waals surface area contributed by atoms with E-state index >= 15 is 0 Å². The van der Waals surface area contributed by atoms with Gasteiger partial charge in [0.25, 0.3) is 11.6 Å². The normalized spacial score (nSPS) is 14.0. The maximum Gasteiger partial charge on any atom is 0.287 e. The molecule has 2 aromatic rings. The van der Waals surface area contributed by atoms with E-state index in [4.69, 9.17) is 21.1 Å². The van der Waals surface area contributed by atoms with Gasteiger partial charge in [-0.05, 0) is 18.2 Å². The summed E-state index contributed by atoms with van der Waals surface area (Å²) in [6.07, 6.45) is 1.23. The molecule has 1 aliphatic rings. The first-order valence-corrected chi connectivity index (χ1v) is 8.88. The van der Waals surface area contributed by atoms with Crippen molar-refractivity contribution in [2.45, 2.75) is 0 Å². The molecule has 2 heterocycles. The molecule has 0 saturated carbocycles. The topological polar surface area (TPSA) is 98.0 Å². The monoisotopic (exact) mass is 406 g/mol. The number of carbonyl (C=O) groups excluding carboxylic acids is 1. The van der Waals surface area contributed by atoms with E-state index in [1.165, 1.54) is 26.5 Å². The Morgan fingerprint density at radius 1 is 1.18 bits per heavy atom. The van der Waals surface area contributed by atoms with E-state index in [1.807, 2.05) is 4.90 Å². The number of piperazine rings is 1. The van der Waals surface area contributed by atoms with Crippen molar-refractivity contribution in [2.24, 2.45) is 0 Å². The van der Waals surface area contributed by atoms with Crippen LogP contribution in [0, 0.1) is 10.1 Å². The summed E-state index contributed by atoms with van der Waals surface area (Å²) in [5.41, 5.74) is 0.368. The molecule has 10 heteroatoms. The minimum atomic E-state index is -0.484. The van der Waals surface area contributed by atoms with Crippen LogP contribution in [0.4, 0.5) is 11.5 Å². The van der Waals surface area contributed by atoms with Gasteiger partial charge in [0.05, 0.1) is 24.2 Å². The van der Waals surface area contributed by atoms with Gasteiger partial charge in [0.1, 0.15) is 12.0 Å². The van der Waals surface area contributed by atoms with Gasteiger partial charge in [-0.15, -0.1) is 0 Å². The number of hydrogen-bond donors (Lipinski definition) is 0. The van der Waals surface area contributed by atoms with E-state index in [9.17, 15) is 14.9 Å². The van der Waals surface area contributed by atoms with E-state index in [0.29, 0.717) is 54.1 Å². The molecular weight excluding hydrogens is 388 g/mol. The number of benzene rings is 1. The summed E-state index contributed by atoms with van der Waals surface area (Å²) in [7, 11) is 2.97. The van der Waals surface area contributed by atoms with Crippen LogP contribution in [0.3, 0.4) is 0 Å². The third-order valence-electron chi connectivity index (χ3n) is 4.51. The van der Waals surface area contributed by atoms with Gasteiger partial charge in [0.15, 0.2) is 11.5 Å². The van der Waals surface area contributed by atoms with Gasteiger partial charge >= 0.3 is 0 Å². The standard InChI is InChI=1S/C18H19ClN4O5/c1-27-15-10-12(9-14(19)17(15)28-2)18(24)22-7-5-21(6-8-22)16-4-3-13(11-20-16)23(25)26/h3-4,9-11H,5-8H2,1-2H3. The van der Waals surface area contributed by atoms with Crippen LogP contribution in [0.15, 0.2) is 30.5 Å². The van der Waals surface area contributed by atoms with Gasteiger partial charge in [-0.3, -0.25) is 14.9 Å². The van der Waals surface area contributed by atoms with Crippen LogP contribution in [0.2, 0.25) is 5.02 Å². The highest BCUT2D eigenvalue weighted by atomic mass is 35.5. The van der Waals surface area contributed by atoms with E-state index in [2.05, 4.69) is 4.98 Å². The Morgan fingerprint density at radius 3 is 2.43 bits per heavy atom. The van der Waals surface area contributed by atoms with Crippen LogP contribution in [0.1, 0.15) is 10.4 Å². The van der Waals surface area contributed by atoms with Crippen molar-refractivity contribution in [1.29, 1.82) is 0 Å². The molecular formula is C18H19ClN4O5. The molecule has 0 bridgehead atoms. The fraction of sp³-hybridized carbons (Fsp3) is 0.333. The molecule has 1 aromatic heterocycles. The van der Waals surface area contributed by atoms with Gasteiger partial charge in [0, 0.05) is 37.8 Å². The Kier molecular flexibility index (Phi) is 5.84. The molecule has 1 aliphatic heterocycles. The van der Waals surface area contributed by atoms with Crippen LogP contribution in [-0.4, -0.2) is 61.1 Å². The number of methoxy groups -OCH3 is 2. The highest BCUT2D eigenvalue weighted by Gasteiger charge is 2.25. The summed E-state index contributed by atoms with van der Waals surface area (Å²) in [4.78, 5) is 30.9. The van der Waals surface area contributed by atoms with Crippen molar-refractivity contribution in [3.05, 3.63) is 51.2 Å². The Morgan fingerprint density at radius 2 is 1.89 bits per heavy atom. The highest BCUT2D eigenvalue weighted by molar-refractivity contribution is 6.32. The summed E-state index contributed by atoms with van der Waals surface area (Å²) in [6.45, 7) is 2.11. The molecule has 0 radical (unpaired) electrons. The van der Waals surface area contributed by atoms with Crippen LogP contribution in [-0.2, 0) is 0 Å². The summed E-state index contributed by atoms with van der Waals surface area (Å²) in [5.74, 6) is 1.27. The molecule has 0 unspecified atom stereocenters. The molecule has 9 nitrogen and oxygen atoms in total. The molecule has 1 fully saturated rings. The second kappa shape index (κ2) is 8.30. The first kappa shape index (κ1) is 19.7. The van der Waals surface area contributed by atoms with E-state index < -0.39 is 4.92 Å². The fourth-order valence-corrected chi connectivity index (χ4v) is 3.32. The fourth-order valence-electron chi connectivity index (χ4n) is 3.04. The molecule has 1 saturated heterocycles. The lowest BCUT2D eigenvalue weighted by molar-refractivity contribution is -0.385. The number of nitrogens with zero attached hydrogens (tertiary/aromatic N) is 4. The molecule has 0 atom stereocenters. The minimum absolute atomic E-state index is 0.0529. The van der Waals surface area contributed by atoms with Crippen LogP contribution in [0.25, 0.3) is 0 Å². The maximum absolute atomic E-state index is 12.8. The Hall–Kier alpha value is -3.07. The van der Waals surface area contributed by atoms with E-state index in [0.717, 1.165) is 0 Å². The third kappa shape index (κ3) is 3.94. The number of nitro groups is 1. The van der Waals surface area contributed by atoms with Gasteiger partial charge in [-0.1, -0.05) is 11.6 Å². The molecule has 3 rings (SSSR count). The largest absolute Gasteiger partial charge is 0.493 e. The van der Waals surface area contributed by atoms with Gasteiger partial charge in [-0.2, -0.15) is 0 Å². The minimum Gasteiger partial charge on any atom is -0.493 e. The predicted octanol–water partition coefficient (Wildman–Crippen LogP) is 2.62. The molecule has 28 heavy (non-hydrogen) atoms. The van der Waals surface area contributed by atoms with Crippen molar-refractivity contribution in [3.8, 4) is 11.5 Å². The average molecular weight is 407 g/mol. The second-order valence-corrected chi connectivity index (χ2v) is 6.51. The van der Waals surface area contributed by atoms with Gasteiger partial charge in [0.2, 0.25) is 0 Å². The Labute approximate surface area is 166 Å². The van der Waals surface area contributed by atoms with Gasteiger partial charge in [-0.25, -0.2) is 4.98 Å². The van der Waals surface area contributed by atoms with Crippen LogP contribution in [0.5, 0.6) is 11.5 Å². The molecule has 148 valence electrons. The number of hydrogen-bond acceptors (Lipinski definition) is 7. The number of anilines is 1. The van der Waals surface area contributed by atoms with Crippen molar-refractivity contribution in [1.82, 2.24) is 9.88 Å². The molecule has 0 N–H and O–H groups in total. The summed E-state index contributed by atoms with van der Waals surface area (Å²) < 4.78 is 10.4. The SMILES string of the molecule is COc1cc(C(=O)N2CCN(c3ccc([N+](=O)[O-])cn3)CC2)cc(Cl)c1OC. The second-order valence-electron chi connectivity index (χ2n) is 6.10. The lowest BCUT2D eigenvalue weighted by Gasteiger charge is -2.35. The predicted molar refractivity (Wildman–Crippen MR) is 104 cm³/mol. The number of ether oxygens (including phenoxy) is 2. The van der Waals surface area contributed by atoms with Gasteiger partial charge < -0.3 is 19.3 Å². The van der Waals surface area contributed by atoms with E-state index in [-0.39, 0.29) is 11.6 Å². The number of carbonyl (C=O) groups is 1. The number of amides is 1. The zero-order chi connectivity index (χ0) is 20.3. The summed E-state index contributed by atoms with van der Waals surface area (Å²) >= 11 is 6.19. The molecule has 1 aromatic carbocycles. The van der Waals surface area contributed by atoms with Crippen molar-refractivity contribution >= 4 is 29.0 Å². The number of halogens is 1. The van der Waals surface area contributed by atoms with Crippen molar-refractivity contribution in [2.75, 3.05) is 45.3 Å². The number of aromatic nitrogens is 1. The van der Waals surface area contributed by atoms with Crippen LogP contribution < -0.4 is 14.4 Å². The molecule has 0 spiro atoms. The number of pyridine rings is 1. The first-order chi connectivity index (χ1) is 13.4. The highest BCUT2D eigenvalue weighted by Crippen LogP contribution is 2.36. The lowest BCUT2D eigenvalue weighted by Crippen LogP contribution is -2.49. The van der Waals surface area contributed by atoms with Crippen LogP contribution >= 0.6 is 11.6 Å². The number of rotatable bonds is 5. The zero-order valence-corrected chi connectivity index (χ0v) is 16.2. The van der Waals surface area contributed by atoms with E-state index in [1.54, 1.807) is 23.1 Å². The smallest absolute Gasteiger partial charge is 0.287 e. The average Bonchev–Trinajstić information content (AvgIpc) is 2.72. The molecule has 1 amide bonds. The van der Waals surface area contributed by atoms with Crippen molar-refractivity contribution in [3.63, 3.8) is 0 Å². The summed E-state index contributed by atoms with van der Waals surface area (Å²) in [6, 6.07) is 6.21. The molecule has 0 aliphatic carbocycles. The Bertz CT molecular complexity index is 882. The Balaban J connectivity index is 1.68.